The summed E-state index contributed by atoms with van der Waals surface area (Å²) in [5, 5.41) is 6.85. The summed E-state index contributed by atoms with van der Waals surface area (Å²) < 4.78 is 11.0. The van der Waals surface area contributed by atoms with Gasteiger partial charge in [0.15, 0.2) is 6.10 Å². The third-order valence-electron chi connectivity index (χ3n) is 4.07. The van der Waals surface area contributed by atoms with Gasteiger partial charge >= 0.3 is 0 Å². The minimum absolute atomic E-state index is 0.228. The van der Waals surface area contributed by atoms with Crippen LogP contribution in [0.5, 0.6) is 5.75 Å². The first kappa shape index (κ1) is 15.6. The zero-order chi connectivity index (χ0) is 16.4. The van der Waals surface area contributed by atoms with Gasteiger partial charge in [0.05, 0.1) is 5.69 Å². The summed E-state index contributed by atoms with van der Waals surface area (Å²) in [6, 6.07) is 5.92. The summed E-state index contributed by atoms with van der Waals surface area (Å²) in [5.74, 6) is 0.944. The lowest BCUT2D eigenvalue weighted by Gasteiger charge is -2.15. The molecule has 0 bridgehead atoms. The van der Waals surface area contributed by atoms with Crippen LogP contribution in [0.1, 0.15) is 42.1 Å². The fourth-order valence-electron chi connectivity index (χ4n) is 2.96. The zero-order valence-electron chi connectivity index (χ0n) is 13.8. The Kier molecular flexibility index (Phi) is 4.37. The fourth-order valence-corrected chi connectivity index (χ4v) is 2.96. The summed E-state index contributed by atoms with van der Waals surface area (Å²) in [5.41, 5.74) is 4.21. The molecular weight excluding hydrogens is 292 g/mol. The van der Waals surface area contributed by atoms with E-state index in [-0.39, 0.29) is 5.91 Å². The number of benzene rings is 1. The topological polar surface area (TPSA) is 64.4 Å². The number of ether oxygens (including phenoxy) is 1. The van der Waals surface area contributed by atoms with Crippen LogP contribution in [0.25, 0.3) is 0 Å². The molecule has 0 saturated heterocycles. The highest BCUT2D eigenvalue weighted by Crippen LogP contribution is 2.27. The van der Waals surface area contributed by atoms with Crippen molar-refractivity contribution in [2.24, 2.45) is 0 Å². The second-order valence-corrected chi connectivity index (χ2v) is 6.22. The van der Waals surface area contributed by atoms with E-state index in [1.54, 1.807) is 6.92 Å². The van der Waals surface area contributed by atoms with Gasteiger partial charge in [-0.3, -0.25) is 10.1 Å². The highest BCUT2D eigenvalue weighted by molar-refractivity contribution is 5.93. The molecule has 5 heteroatoms. The van der Waals surface area contributed by atoms with Crippen molar-refractivity contribution in [1.29, 1.82) is 0 Å². The number of carbonyl (C=O) groups excluding carboxylic acids is 1. The lowest BCUT2D eigenvalue weighted by Crippen LogP contribution is -2.30. The average Bonchev–Trinajstić information content (AvgIpc) is 2.89. The minimum Gasteiger partial charge on any atom is -0.481 e. The van der Waals surface area contributed by atoms with Gasteiger partial charge in [0.2, 0.25) is 5.88 Å². The van der Waals surface area contributed by atoms with Crippen molar-refractivity contribution in [2.45, 2.75) is 52.6 Å². The van der Waals surface area contributed by atoms with Crippen LogP contribution >= 0.6 is 0 Å². The van der Waals surface area contributed by atoms with Gasteiger partial charge in [0, 0.05) is 5.56 Å². The molecule has 1 atom stereocenters. The van der Waals surface area contributed by atoms with Crippen LogP contribution in [0.2, 0.25) is 0 Å². The van der Waals surface area contributed by atoms with Crippen LogP contribution in [-0.4, -0.2) is 17.2 Å². The molecule has 5 nitrogen and oxygen atoms in total. The molecular formula is C18H22N2O3. The Bertz CT molecular complexity index is 701. The number of rotatable bonds is 4. The number of hydrogen-bond acceptors (Lipinski definition) is 4. The van der Waals surface area contributed by atoms with Crippen molar-refractivity contribution < 1.29 is 14.1 Å². The molecule has 122 valence electrons. The Morgan fingerprint density at radius 2 is 1.91 bits per heavy atom. The maximum Gasteiger partial charge on any atom is 0.267 e. The predicted molar refractivity (Wildman–Crippen MR) is 87.8 cm³/mol. The standard InChI is InChI=1S/C18H22N2O3/c1-11-8-12(2)10-14(9-11)22-13(3)17(21)19-18-15-6-4-5-7-16(15)20-23-18/h8-10,13H,4-7H2,1-3H3,(H,19,21)/t13-/m0/s1. The van der Waals surface area contributed by atoms with Crippen molar-refractivity contribution in [3.8, 4) is 5.75 Å². The molecule has 0 unspecified atom stereocenters. The number of fused-ring (bicyclic) bond motifs is 1. The van der Waals surface area contributed by atoms with E-state index in [1.165, 1.54) is 0 Å². The number of carbonyl (C=O) groups is 1. The van der Waals surface area contributed by atoms with Gasteiger partial charge in [-0.2, -0.15) is 0 Å². The van der Waals surface area contributed by atoms with Crippen LogP contribution in [0.3, 0.4) is 0 Å². The first-order valence-corrected chi connectivity index (χ1v) is 8.06. The van der Waals surface area contributed by atoms with E-state index in [0.29, 0.717) is 11.6 Å². The molecule has 1 amide bonds. The number of aryl methyl sites for hydroxylation is 3. The van der Waals surface area contributed by atoms with E-state index in [4.69, 9.17) is 9.26 Å². The number of anilines is 1. The number of hydrogen-bond donors (Lipinski definition) is 1. The zero-order valence-corrected chi connectivity index (χ0v) is 13.8. The maximum atomic E-state index is 12.3. The molecule has 1 N–H and O–H groups in total. The van der Waals surface area contributed by atoms with E-state index < -0.39 is 6.10 Å². The Morgan fingerprint density at radius 3 is 2.65 bits per heavy atom. The monoisotopic (exact) mass is 314 g/mol. The van der Waals surface area contributed by atoms with Crippen LogP contribution in [0.4, 0.5) is 5.88 Å². The fraction of sp³-hybridized carbons (Fsp3) is 0.444. The first-order valence-electron chi connectivity index (χ1n) is 8.06. The molecule has 3 rings (SSSR count). The van der Waals surface area contributed by atoms with E-state index in [0.717, 1.165) is 48.1 Å². The normalized spacial score (nSPS) is 14.9. The highest BCUT2D eigenvalue weighted by atomic mass is 16.5. The molecule has 0 saturated carbocycles. The number of nitrogens with zero attached hydrogens (tertiary/aromatic N) is 1. The average molecular weight is 314 g/mol. The van der Waals surface area contributed by atoms with Gasteiger partial charge < -0.3 is 9.26 Å². The number of aromatic nitrogens is 1. The Hall–Kier alpha value is -2.30. The Labute approximate surface area is 136 Å². The molecule has 0 spiro atoms. The molecule has 1 aromatic heterocycles. The largest absolute Gasteiger partial charge is 0.481 e. The van der Waals surface area contributed by atoms with Gasteiger partial charge in [0.1, 0.15) is 5.75 Å². The lowest BCUT2D eigenvalue weighted by atomic mass is 9.98. The van der Waals surface area contributed by atoms with E-state index in [1.807, 2.05) is 26.0 Å². The molecule has 1 heterocycles. The molecule has 2 aromatic rings. The quantitative estimate of drug-likeness (QED) is 0.937. The van der Waals surface area contributed by atoms with Crippen molar-refractivity contribution in [1.82, 2.24) is 5.16 Å². The molecule has 1 aliphatic carbocycles. The SMILES string of the molecule is Cc1cc(C)cc(O[C@@H](C)C(=O)Nc2onc3c2CCCC3)c1. The van der Waals surface area contributed by atoms with Crippen LogP contribution < -0.4 is 10.1 Å². The molecule has 1 aliphatic rings. The molecule has 0 radical (unpaired) electrons. The van der Waals surface area contributed by atoms with Gasteiger partial charge in [-0.05, 0) is 69.7 Å². The summed E-state index contributed by atoms with van der Waals surface area (Å²) in [7, 11) is 0. The van der Waals surface area contributed by atoms with Crippen molar-refractivity contribution in [3.63, 3.8) is 0 Å². The van der Waals surface area contributed by atoms with Gasteiger partial charge in [0.25, 0.3) is 5.91 Å². The van der Waals surface area contributed by atoms with Gasteiger partial charge in [-0.25, -0.2) is 0 Å². The van der Waals surface area contributed by atoms with E-state index in [9.17, 15) is 4.79 Å². The van der Waals surface area contributed by atoms with E-state index in [2.05, 4.69) is 16.5 Å². The second-order valence-electron chi connectivity index (χ2n) is 6.22. The minimum atomic E-state index is -0.611. The van der Waals surface area contributed by atoms with E-state index >= 15 is 0 Å². The smallest absolute Gasteiger partial charge is 0.267 e. The summed E-state index contributed by atoms with van der Waals surface area (Å²) in [6.45, 7) is 5.74. The molecule has 0 aliphatic heterocycles. The number of amides is 1. The second kappa shape index (κ2) is 6.44. The van der Waals surface area contributed by atoms with Gasteiger partial charge in [-0.15, -0.1) is 0 Å². The van der Waals surface area contributed by atoms with Crippen LogP contribution in [0, 0.1) is 13.8 Å². The molecule has 1 aromatic carbocycles. The van der Waals surface area contributed by atoms with Crippen LogP contribution in [-0.2, 0) is 17.6 Å². The maximum absolute atomic E-state index is 12.3. The first-order chi connectivity index (χ1) is 11.0. The van der Waals surface area contributed by atoms with Crippen molar-refractivity contribution in [2.75, 3.05) is 5.32 Å². The third kappa shape index (κ3) is 3.55. The summed E-state index contributed by atoms with van der Waals surface area (Å²) in [6.07, 6.45) is 3.44. The Morgan fingerprint density at radius 1 is 1.22 bits per heavy atom. The summed E-state index contributed by atoms with van der Waals surface area (Å²) >= 11 is 0. The highest BCUT2D eigenvalue weighted by Gasteiger charge is 2.23. The van der Waals surface area contributed by atoms with Crippen molar-refractivity contribution >= 4 is 11.8 Å². The third-order valence-corrected chi connectivity index (χ3v) is 4.07. The van der Waals surface area contributed by atoms with Crippen LogP contribution in [0.15, 0.2) is 22.7 Å². The predicted octanol–water partition coefficient (Wildman–Crippen LogP) is 3.58. The summed E-state index contributed by atoms with van der Waals surface area (Å²) in [4.78, 5) is 12.3. The lowest BCUT2D eigenvalue weighted by molar-refractivity contribution is -0.122. The van der Waals surface area contributed by atoms with Crippen molar-refractivity contribution in [3.05, 3.63) is 40.6 Å². The number of nitrogens with one attached hydrogen (secondary N) is 1. The molecule has 23 heavy (non-hydrogen) atoms. The van der Waals surface area contributed by atoms with Gasteiger partial charge in [-0.1, -0.05) is 11.2 Å². The molecule has 0 fully saturated rings. The Balaban J connectivity index is 1.67.